The average molecular weight is 420 g/mol. The summed E-state index contributed by atoms with van der Waals surface area (Å²) in [7, 11) is 0. The predicted molar refractivity (Wildman–Crippen MR) is 93.3 cm³/mol. The van der Waals surface area contributed by atoms with Crippen LogP contribution in [0.5, 0.6) is 0 Å². The molecule has 9 heteroatoms. The summed E-state index contributed by atoms with van der Waals surface area (Å²) in [6.45, 7) is 0. The van der Waals surface area contributed by atoms with Crippen LogP contribution in [-0.4, -0.2) is 23.5 Å². The van der Waals surface area contributed by atoms with Crippen molar-refractivity contribution in [2.75, 3.05) is 0 Å². The molecule has 0 saturated carbocycles. The number of hydrogen-bond acceptors (Lipinski definition) is 4. The molecule has 0 N–H and O–H groups in total. The molecule has 4 aromatic heterocycles. The maximum absolute atomic E-state index is 13.2. The average Bonchev–Trinajstić information content (AvgIpc) is 2.98. The van der Waals surface area contributed by atoms with Crippen molar-refractivity contribution in [2.24, 2.45) is 0 Å². The van der Waals surface area contributed by atoms with E-state index in [0.717, 1.165) is 11.6 Å². The Morgan fingerprint density at radius 2 is 1.69 bits per heavy atom. The first kappa shape index (κ1) is 16.6. The van der Waals surface area contributed by atoms with E-state index in [1.165, 1.54) is 18.5 Å². The minimum absolute atomic E-state index is 0.159. The van der Waals surface area contributed by atoms with E-state index in [4.69, 9.17) is 0 Å². The molecule has 0 fully saturated rings. The molecule has 5 nitrogen and oxygen atoms in total. The Balaban J connectivity index is 1.77. The highest BCUT2D eigenvalue weighted by Crippen LogP contribution is 2.35. The van der Waals surface area contributed by atoms with E-state index >= 15 is 0 Å². The Morgan fingerprint density at radius 1 is 0.923 bits per heavy atom. The minimum Gasteiger partial charge on any atom is -0.256 e. The number of rotatable bonds is 2. The standard InChI is InChI=1S/C17H9BrF3N5/c18-26-13-4-2-8-23-15(13)25-16(26)12-6-5-10(9-24-12)14-11(17(19,20)21)3-1-7-22-14/h1-9H. The zero-order valence-electron chi connectivity index (χ0n) is 12.9. The van der Waals surface area contributed by atoms with Gasteiger partial charge in [-0.05, 0) is 36.4 Å². The van der Waals surface area contributed by atoms with Gasteiger partial charge in [0, 0.05) is 24.2 Å². The van der Waals surface area contributed by atoms with Gasteiger partial charge >= 0.3 is 6.18 Å². The van der Waals surface area contributed by atoms with Crippen molar-refractivity contribution >= 4 is 27.3 Å². The largest absolute Gasteiger partial charge is 0.418 e. The Hall–Kier alpha value is -2.81. The van der Waals surface area contributed by atoms with E-state index in [9.17, 15) is 13.2 Å². The molecule has 0 radical (unpaired) electrons. The number of pyridine rings is 3. The van der Waals surface area contributed by atoms with Crippen LogP contribution < -0.4 is 0 Å². The fraction of sp³-hybridized carbons (Fsp3) is 0.0588. The Kier molecular flexibility index (Phi) is 3.95. The fourth-order valence-electron chi connectivity index (χ4n) is 2.57. The molecule has 0 amide bonds. The lowest BCUT2D eigenvalue weighted by Crippen LogP contribution is -2.08. The maximum atomic E-state index is 13.2. The van der Waals surface area contributed by atoms with Crippen LogP contribution >= 0.6 is 16.1 Å². The summed E-state index contributed by atoms with van der Waals surface area (Å²) in [5.41, 5.74) is 1.11. The van der Waals surface area contributed by atoms with Gasteiger partial charge in [-0.1, -0.05) is 0 Å². The fourth-order valence-corrected chi connectivity index (χ4v) is 3.11. The molecule has 0 atom stereocenters. The minimum atomic E-state index is -4.49. The van der Waals surface area contributed by atoms with E-state index in [2.05, 4.69) is 36.1 Å². The number of aromatic nitrogens is 5. The van der Waals surface area contributed by atoms with Gasteiger partial charge in [0.25, 0.3) is 0 Å². The number of halogens is 4. The molecule has 130 valence electrons. The molecule has 0 aliphatic heterocycles. The van der Waals surface area contributed by atoms with Gasteiger partial charge in [-0.25, -0.2) is 9.97 Å². The summed E-state index contributed by atoms with van der Waals surface area (Å²) < 4.78 is 41.1. The number of hydrogen-bond donors (Lipinski definition) is 0. The second kappa shape index (κ2) is 6.17. The second-order valence-corrected chi connectivity index (χ2v) is 6.10. The Bertz CT molecular complexity index is 1090. The quantitative estimate of drug-likeness (QED) is 0.471. The summed E-state index contributed by atoms with van der Waals surface area (Å²) in [6.07, 6.45) is -0.186. The van der Waals surface area contributed by atoms with Crippen LogP contribution in [0.15, 0.2) is 55.0 Å². The Morgan fingerprint density at radius 3 is 2.38 bits per heavy atom. The first-order valence-electron chi connectivity index (χ1n) is 7.44. The van der Waals surface area contributed by atoms with Gasteiger partial charge in [0.2, 0.25) is 0 Å². The molecule has 0 aliphatic rings. The van der Waals surface area contributed by atoms with Crippen LogP contribution in [0.3, 0.4) is 0 Å². The number of fused-ring (bicyclic) bond motifs is 1. The molecule has 0 aromatic carbocycles. The van der Waals surface area contributed by atoms with Crippen molar-refractivity contribution in [2.45, 2.75) is 6.18 Å². The van der Waals surface area contributed by atoms with Gasteiger partial charge in [-0.15, -0.1) is 0 Å². The molecule has 0 saturated heterocycles. The van der Waals surface area contributed by atoms with E-state index in [-0.39, 0.29) is 11.3 Å². The summed E-state index contributed by atoms with van der Waals surface area (Å²) in [4.78, 5) is 16.7. The van der Waals surface area contributed by atoms with E-state index < -0.39 is 11.7 Å². The molecular formula is C17H9BrF3N5. The number of alkyl halides is 3. The van der Waals surface area contributed by atoms with Crippen LogP contribution in [0.4, 0.5) is 13.2 Å². The molecule has 0 bridgehead atoms. The van der Waals surface area contributed by atoms with Crippen molar-refractivity contribution in [1.29, 1.82) is 0 Å². The number of imidazole rings is 1. The lowest BCUT2D eigenvalue weighted by molar-refractivity contribution is -0.137. The Labute approximate surface area is 153 Å². The van der Waals surface area contributed by atoms with Gasteiger partial charge < -0.3 is 0 Å². The molecule has 0 aliphatic carbocycles. The van der Waals surface area contributed by atoms with Crippen molar-refractivity contribution in [3.63, 3.8) is 0 Å². The highest BCUT2D eigenvalue weighted by atomic mass is 79.9. The van der Waals surface area contributed by atoms with Crippen LogP contribution in [0.25, 0.3) is 33.9 Å². The lowest BCUT2D eigenvalue weighted by atomic mass is 10.1. The van der Waals surface area contributed by atoms with Crippen molar-refractivity contribution in [1.82, 2.24) is 23.5 Å². The van der Waals surface area contributed by atoms with Gasteiger partial charge in [0.05, 0.1) is 32.9 Å². The van der Waals surface area contributed by atoms with Gasteiger partial charge in [0.15, 0.2) is 11.5 Å². The summed E-state index contributed by atoms with van der Waals surface area (Å²) in [5.74, 6) is 0.502. The smallest absolute Gasteiger partial charge is 0.256 e. The normalized spacial score (nSPS) is 11.8. The van der Waals surface area contributed by atoms with Gasteiger partial charge in [0.1, 0.15) is 5.69 Å². The molecule has 4 heterocycles. The van der Waals surface area contributed by atoms with E-state index in [1.54, 1.807) is 28.0 Å². The van der Waals surface area contributed by atoms with Crippen molar-refractivity contribution in [3.05, 3.63) is 60.6 Å². The lowest BCUT2D eigenvalue weighted by Gasteiger charge is -2.11. The van der Waals surface area contributed by atoms with E-state index in [0.29, 0.717) is 17.2 Å². The zero-order valence-corrected chi connectivity index (χ0v) is 14.5. The zero-order chi connectivity index (χ0) is 18.3. The molecule has 0 unspecified atom stereocenters. The first-order chi connectivity index (χ1) is 12.4. The molecule has 0 spiro atoms. The summed E-state index contributed by atoms with van der Waals surface area (Å²) in [6, 6.07) is 9.02. The molecule has 4 rings (SSSR count). The third-order valence-electron chi connectivity index (χ3n) is 3.75. The monoisotopic (exact) mass is 419 g/mol. The SMILES string of the molecule is FC(F)(F)c1cccnc1-c1ccc(-c2nc3ncccc3n2Br)nc1. The third-order valence-corrected chi connectivity index (χ3v) is 4.47. The highest BCUT2D eigenvalue weighted by Gasteiger charge is 2.34. The number of nitrogens with zero attached hydrogens (tertiary/aromatic N) is 5. The summed E-state index contributed by atoms with van der Waals surface area (Å²) >= 11 is 3.40. The van der Waals surface area contributed by atoms with Crippen molar-refractivity contribution < 1.29 is 13.2 Å². The summed E-state index contributed by atoms with van der Waals surface area (Å²) in [5, 5.41) is 0. The first-order valence-corrected chi connectivity index (χ1v) is 8.15. The second-order valence-electron chi connectivity index (χ2n) is 5.39. The third kappa shape index (κ3) is 2.84. The van der Waals surface area contributed by atoms with Crippen LogP contribution in [0.2, 0.25) is 0 Å². The molecular weight excluding hydrogens is 411 g/mol. The molecule has 26 heavy (non-hydrogen) atoms. The van der Waals surface area contributed by atoms with Crippen LogP contribution in [0.1, 0.15) is 5.56 Å². The van der Waals surface area contributed by atoms with Crippen molar-refractivity contribution in [3.8, 4) is 22.8 Å². The van der Waals surface area contributed by atoms with Crippen LogP contribution in [-0.2, 0) is 6.18 Å². The topological polar surface area (TPSA) is 56.5 Å². The maximum Gasteiger partial charge on any atom is 0.418 e. The van der Waals surface area contributed by atoms with Gasteiger partial charge in [-0.3, -0.25) is 13.6 Å². The van der Waals surface area contributed by atoms with Gasteiger partial charge in [-0.2, -0.15) is 13.2 Å². The molecule has 4 aromatic rings. The highest BCUT2D eigenvalue weighted by molar-refractivity contribution is 9.08. The predicted octanol–water partition coefficient (Wildman–Crippen LogP) is 4.73. The van der Waals surface area contributed by atoms with E-state index in [1.807, 2.05) is 6.07 Å². The van der Waals surface area contributed by atoms with Crippen LogP contribution in [0, 0.1) is 0 Å².